The van der Waals surface area contributed by atoms with E-state index in [1.807, 2.05) is 11.4 Å². The van der Waals surface area contributed by atoms with Crippen LogP contribution in [0.25, 0.3) is 5.69 Å². The second-order valence-electron chi connectivity index (χ2n) is 2.85. The molecule has 3 rings (SSSR count). The van der Waals surface area contributed by atoms with Gasteiger partial charge in [-0.3, -0.25) is 0 Å². The lowest BCUT2D eigenvalue weighted by Crippen LogP contribution is -2.00. The van der Waals surface area contributed by atoms with Crippen molar-refractivity contribution in [2.75, 3.05) is 0 Å². The van der Waals surface area contributed by atoms with Gasteiger partial charge in [0.15, 0.2) is 0 Å². The van der Waals surface area contributed by atoms with E-state index in [9.17, 15) is 4.79 Å². The molecule has 0 saturated heterocycles. The van der Waals surface area contributed by atoms with Crippen LogP contribution in [-0.4, -0.2) is 21.0 Å². The lowest BCUT2D eigenvalue weighted by molar-refractivity contribution is 0.0481. The summed E-state index contributed by atoms with van der Waals surface area (Å²) in [4.78, 5) is 12.0. The van der Waals surface area contributed by atoms with Crippen LogP contribution < -0.4 is 0 Å². The fraction of sp³-hybridized carbons (Fsp3) is 0.125. The first kappa shape index (κ1) is 7.69. The average Bonchev–Trinajstić information content (AvgIpc) is 2.80. The molecule has 0 aromatic carbocycles. The molecule has 6 heteroatoms. The first-order valence-electron chi connectivity index (χ1n) is 4.01. The molecule has 0 spiro atoms. The third-order valence-corrected chi connectivity index (χ3v) is 2.91. The van der Waals surface area contributed by atoms with Gasteiger partial charge in [-0.2, -0.15) is 0 Å². The van der Waals surface area contributed by atoms with E-state index in [2.05, 4.69) is 10.3 Å². The predicted molar refractivity (Wildman–Crippen MR) is 48.4 cm³/mol. The summed E-state index contributed by atoms with van der Waals surface area (Å²) in [5.41, 5.74) is 1.54. The molecule has 0 amide bonds. The van der Waals surface area contributed by atoms with E-state index in [-0.39, 0.29) is 12.6 Å². The molecule has 70 valence electrons. The number of nitrogens with zero attached hydrogens (tertiary/aromatic N) is 3. The molecule has 3 heterocycles. The predicted octanol–water partition coefficient (Wildman–Crippen LogP) is 0.999. The lowest BCUT2D eigenvalue weighted by Gasteiger charge is -1.97. The van der Waals surface area contributed by atoms with Crippen LogP contribution in [0.15, 0.2) is 17.6 Å². The topological polar surface area (TPSA) is 57.0 Å². The average molecular weight is 207 g/mol. The third-order valence-electron chi connectivity index (χ3n) is 2.03. The first-order valence-corrected chi connectivity index (χ1v) is 4.89. The zero-order valence-electron chi connectivity index (χ0n) is 7.01. The highest BCUT2D eigenvalue weighted by Gasteiger charge is 2.23. The van der Waals surface area contributed by atoms with Crippen molar-refractivity contribution < 1.29 is 9.53 Å². The number of ether oxygens (including phenoxy) is 1. The molecule has 0 atom stereocenters. The molecule has 0 aliphatic carbocycles. The molecule has 2 aromatic heterocycles. The number of aromatic nitrogens is 3. The van der Waals surface area contributed by atoms with Gasteiger partial charge < -0.3 is 4.74 Å². The Balaban J connectivity index is 2.31. The van der Waals surface area contributed by atoms with Crippen molar-refractivity contribution >= 4 is 17.3 Å². The Hall–Kier alpha value is -1.69. The summed E-state index contributed by atoms with van der Waals surface area (Å²) < 4.78 is 6.68. The first-order chi connectivity index (χ1) is 6.86. The van der Waals surface area contributed by atoms with Crippen molar-refractivity contribution in [3.8, 4) is 5.69 Å². The minimum absolute atomic E-state index is 0.229. The summed E-state index contributed by atoms with van der Waals surface area (Å²) in [5, 5.41) is 9.52. The van der Waals surface area contributed by atoms with Crippen LogP contribution in [0.2, 0.25) is 0 Å². The Bertz CT molecular complexity index is 502. The maximum Gasteiger partial charge on any atom is 0.350 e. The van der Waals surface area contributed by atoms with Crippen molar-refractivity contribution in [1.29, 1.82) is 0 Å². The molecule has 1 aliphatic rings. The molecule has 0 N–H and O–H groups in total. The minimum Gasteiger partial charge on any atom is -0.455 e. The van der Waals surface area contributed by atoms with Crippen molar-refractivity contribution in [3.05, 3.63) is 28.2 Å². The molecule has 1 aliphatic heterocycles. The van der Waals surface area contributed by atoms with Gasteiger partial charge in [0.2, 0.25) is 0 Å². The summed E-state index contributed by atoms with van der Waals surface area (Å²) in [6.45, 7) is 0.229. The maximum absolute atomic E-state index is 11.5. The molecule has 0 bridgehead atoms. The van der Waals surface area contributed by atoms with Gasteiger partial charge >= 0.3 is 5.97 Å². The van der Waals surface area contributed by atoms with Crippen LogP contribution in [0, 0.1) is 0 Å². The van der Waals surface area contributed by atoms with E-state index in [0.29, 0.717) is 4.88 Å². The van der Waals surface area contributed by atoms with Gasteiger partial charge in [-0.25, -0.2) is 9.48 Å². The SMILES string of the molecule is O=C1OCc2cnnn2-c2ccsc21. The zero-order chi connectivity index (χ0) is 9.54. The van der Waals surface area contributed by atoms with Crippen molar-refractivity contribution in [1.82, 2.24) is 15.0 Å². The molecule has 14 heavy (non-hydrogen) atoms. The monoisotopic (exact) mass is 207 g/mol. The molecule has 0 saturated carbocycles. The van der Waals surface area contributed by atoms with Crippen LogP contribution in [-0.2, 0) is 11.3 Å². The maximum atomic E-state index is 11.5. The van der Waals surface area contributed by atoms with E-state index >= 15 is 0 Å². The summed E-state index contributed by atoms with van der Waals surface area (Å²) in [6, 6.07) is 1.84. The van der Waals surface area contributed by atoms with Crippen LogP contribution in [0.5, 0.6) is 0 Å². The second-order valence-corrected chi connectivity index (χ2v) is 3.76. The van der Waals surface area contributed by atoms with Gasteiger partial charge in [0, 0.05) is 0 Å². The number of hydrogen-bond acceptors (Lipinski definition) is 5. The number of fused-ring (bicyclic) bond motifs is 3. The van der Waals surface area contributed by atoms with Crippen molar-refractivity contribution in [3.63, 3.8) is 0 Å². The Kier molecular flexibility index (Phi) is 1.45. The van der Waals surface area contributed by atoms with Crippen molar-refractivity contribution in [2.45, 2.75) is 6.61 Å². The highest BCUT2D eigenvalue weighted by molar-refractivity contribution is 7.12. The normalized spacial score (nSPS) is 14.1. The molecule has 2 aromatic rings. The molecule has 0 radical (unpaired) electrons. The Morgan fingerprint density at radius 2 is 2.50 bits per heavy atom. The number of cyclic esters (lactones) is 1. The third kappa shape index (κ3) is 0.912. The Morgan fingerprint density at radius 3 is 3.43 bits per heavy atom. The number of esters is 1. The van der Waals surface area contributed by atoms with Gasteiger partial charge in [0.25, 0.3) is 0 Å². The van der Waals surface area contributed by atoms with Gasteiger partial charge in [-0.05, 0) is 11.4 Å². The zero-order valence-corrected chi connectivity index (χ0v) is 7.82. The Morgan fingerprint density at radius 1 is 1.57 bits per heavy atom. The van der Waals surface area contributed by atoms with Crippen LogP contribution in [0.3, 0.4) is 0 Å². The number of carbonyl (C=O) groups is 1. The van der Waals surface area contributed by atoms with E-state index < -0.39 is 0 Å². The summed E-state index contributed by atoms with van der Waals surface area (Å²) >= 11 is 1.35. The fourth-order valence-electron chi connectivity index (χ4n) is 1.38. The van der Waals surface area contributed by atoms with Gasteiger partial charge in [0.1, 0.15) is 17.2 Å². The van der Waals surface area contributed by atoms with Crippen LogP contribution in [0.1, 0.15) is 15.4 Å². The largest absolute Gasteiger partial charge is 0.455 e. The minimum atomic E-state index is -0.291. The Labute approximate surface area is 82.9 Å². The number of rotatable bonds is 0. The van der Waals surface area contributed by atoms with Gasteiger partial charge in [0.05, 0.1) is 11.9 Å². The van der Waals surface area contributed by atoms with E-state index in [0.717, 1.165) is 11.4 Å². The van der Waals surface area contributed by atoms with Crippen molar-refractivity contribution in [2.24, 2.45) is 0 Å². The molecule has 0 unspecified atom stereocenters. The lowest BCUT2D eigenvalue weighted by atomic mass is 10.4. The summed E-state index contributed by atoms with van der Waals surface area (Å²) in [7, 11) is 0. The quantitative estimate of drug-likeness (QED) is 0.605. The number of carbonyl (C=O) groups excluding carboxylic acids is 1. The van der Waals surface area contributed by atoms with E-state index in [1.165, 1.54) is 11.3 Å². The fourth-order valence-corrected chi connectivity index (χ4v) is 2.15. The van der Waals surface area contributed by atoms with Crippen LogP contribution in [0.4, 0.5) is 0 Å². The summed E-state index contributed by atoms with van der Waals surface area (Å²) in [6.07, 6.45) is 1.60. The highest BCUT2D eigenvalue weighted by Crippen LogP contribution is 2.25. The smallest absolute Gasteiger partial charge is 0.350 e. The van der Waals surface area contributed by atoms with Crippen LogP contribution >= 0.6 is 11.3 Å². The number of thiophene rings is 1. The van der Waals surface area contributed by atoms with E-state index in [4.69, 9.17) is 4.74 Å². The van der Waals surface area contributed by atoms with Gasteiger partial charge in [-0.15, -0.1) is 16.4 Å². The molecular formula is C8H5N3O2S. The highest BCUT2D eigenvalue weighted by atomic mass is 32.1. The van der Waals surface area contributed by atoms with E-state index in [1.54, 1.807) is 10.9 Å². The molecular weight excluding hydrogens is 202 g/mol. The summed E-state index contributed by atoms with van der Waals surface area (Å²) in [5.74, 6) is -0.291. The number of hydrogen-bond donors (Lipinski definition) is 0. The second kappa shape index (κ2) is 2.65. The molecule has 0 fully saturated rings. The molecule has 5 nitrogen and oxygen atoms in total. The standard InChI is InChI=1S/C8H5N3O2S/c12-8-7-6(1-2-14-7)11-5(4-13-8)3-9-10-11/h1-3H,4H2. The van der Waals surface area contributed by atoms with Gasteiger partial charge in [-0.1, -0.05) is 5.21 Å².